The summed E-state index contributed by atoms with van der Waals surface area (Å²) < 4.78 is 11.3. The standard InChI is InChI=1S/C16H19NO4/c1-11(14-7-12-5-3-4-6-13(12)21-14)17-9-16(2,10-17)20-8-15(18)19/h3-7,11H,8-10H2,1-2H3,(H,18,19). The molecular weight excluding hydrogens is 270 g/mol. The van der Waals surface area contributed by atoms with Crippen LogP contribution in [-0.4, -0.2) is 41.3 Å². The molecule has 2 heterocycles. The first-order chi connectivity index (χ1) is 9.97. The first kappa shape index (κ1) is 14.1. The molecule has 0 aliphatic carbocycles. The molecule has 5 nitrogen and oxygen atoms in total. The third-order valence-corrected chi connectivity index (χ3v) is 4.02. The highest BCUT2D eigenvalue weighted by Gasteiger charge is 2.43. The number of ether oxygens (including phenoxy) is 1. The van der Waals surface area contributed by atoms with Crippen molar-refractivity contribution in [3.8, 4) is 0 Å². The average molecular weight is 289 g/mol. The predicted octanol–water partition coefficient (Wildman–Crippen LogP) is 2.67. The summed E-state index contributed by atoms with van der Waals surface area (Å²) in [5, 5.41) is 9.78. The second kappa shape index (κ2) is 5.16. The van der Waals surface area contributed by atoms with Crippen molar-refractivity contribution in [1.82, 2.24) is 4.90 Å². The number of furan rings is 1. The van der Waals surface area contributed by atoms with E-state index >= 15 is 0 Å². The molecule has 1 aromatic heterocycles. The Bertz CT molecular complexity index is 624. The quantitative estimate of drug-likeness (QED) is 0.917. The van der Waals surface area contributed by atoms with Crippen LogP contribution in [0.15, 0.2) is 34.7 Å². The van der Waals surface area contributed by atoms with Crippen molar-refractivity contribution in [2.75, 3.05) is 19.7 Å². The Labute approximate surface area is 123 Å². The molecular formula is C16H19NO4. The lowest BCUT2D eigenvalue weighted by atomic mass is 9.93. The van der Waals surface area contributed by atoms with Gasteiger partial charge in [0.2, 0.25) is 0 Å². The maximum absolute atomic E-state index is 10.6. The van der Waals surface area contributed by atoms with Gasteiger partial charge in [-0.3, -0.25) is 4.90 Å². The maximum atomic E-state index is 10.6. The van der Waals surface area contributed by atoms with Gasteiger partial charge in [0.1, 0.15) is 18.0 Å². The highest BCUT2D eigenvalue weighted by Crippen LogP contribution is 2.35. The first-order valence-electron chi connectivity index (χ1n) is 7.05. The second-order valence-corrected chi connectivity index (χ2v) is 5.90. The Kier molecular flexibility index (Phi) is 3.47. The molecule has 0 spiro atoms. The van der Waals surface area contributed by atoms with Crippen LogP contribution in [-0.2, 0) is 9.53 Å². The van der Waals surface area contributed by atoms with Crippen LogP contribution < -0.4 is 0 Å². The number of para-hydroxylation sites is 1. The van der Waals surface area contributed by atoms with Gasteiger partial charge in [-0.25, -0.2) is 4.79 Å². The van der Waals surface area contributed by atoms with Gasteiger partial charge in [0.15, 0.2) is 0 Å². The molecule has 1 atom stereocenters. The van der Waals surface area contributed by atoms with Crippen molar-refractivity contribution >= 4 is 16.9 Å². The fourth-order valence-corrected chi connectivity index (χ4v) is 2.80. The predicted molar refractivity (Wildman–Crippen MR) is 78.2 cm³/mol. The first-order valence-corrected chi connectivity index (χ1v) is 7.05. The van der Waals surface area contributed by atoms with Gasteiger partial charge in [-0.1, -0.05) is 18.2 Å². The summed E-state index contributed by atoms with van der Waals surface area (Å²) in [6.07, 6.45) is 0. The molecule has 0 radical (unpaired) electrons. The van der Waals surface area contributed by atoms with Gasteiger partial charge >= 0.3 is 5.97 Å². The van der Waals surface area contributed by atoms with Gasteiger partial charge < -0.3 is 14.3 Å². The van der Waals surface area contributed by atoms with Gasteiger partial charge in [-0.05, 0) is 26.0 Å². The molecule has 2 aromatic rings. The zero-order valence-corrected chi connectivity index (χ0v) is 12.2. The van der Waals surface area contributed by atoms with Crippen molar-refractivity contribution in [3.05, 3.63) is 36.1 Å². The number of rotatable bonds is 5. The number of aliphatic carboxylic acids is 1. The molecule has 5 heteroatoms. The molecule has 1 saturated heterocycles. The highest BCUT2D eigenvalue weighted by molar-refractivity contribution is 5.77. The second-order valence-electron chi connectivity index (χ2n) is 5.90. The van der Waals surface area contributed by atoms with Crippen LogP contribution in [0.2, 0.25) is 0 Å². The minimum Gasteiger partial charge on any atom is -0.480 e. The molecule has 21 heavy (non-hydrogen) atoms. The summed E-state index contributed by atoms with van der Waals surface area (Å²) in [5.41, 5.74) is 0.517. The van der Waals surface area contributed by atoms with Gasteiger partial charge in [0.05, 0.1) is 11.6 Å². The minimum atomic E-state index is -0.931. The van der Waals surface area contributed by atoms with E-state index in [1.54, 1.807) is 0 Å². The van der Waals surface area contributed by atoms with E-state index in [2.05, 4.69) is 17.9 Å². The van der Waals surface area contributed by atoms with Crippen molar-refractivity contribution in [1.29, 1.82) is 0 Å². The van der Waals surface area contributed by atoms with Crippen LogP contribution >= 0.6 is 0 Å². The summed E-state index contributed by atoms with van der Waals surface area (Å²) in [7, 11) is 0. The number of hydrogen-bond donors (Lipinski definition) is 1. The normalized spacial score (nSPS) is 19.3. The van der Waals surface area contributed by atoms with Crippen LogP contribution in [0.5, 0.6) is 0 Å². The molecule has 0 amide bonds. The molecule has 0 bridgehead atoms. The topological polar surface area (TPSA) is 62.9 Å². The van der Waals surface area contributed by atoms with Gasteiger partial charge in [0.25, 0.3) is 0 Å². The van der Waals surface area contributed by atoms with Gasteiger partial charge in [-0.2, -0.15) is 0 Å². The van der Waals surface area contributed by atoms with Crippen molar-refractivity contribution in [3.63, 3.8) is 0 Å². The fourth-order valence-electron chi connectivity index (χ4n) is 2.80. The number of fused-ring (bicyclic) bond motifs is 1. The van der Waals surface area contributed by atoms with Gasteiger partial charge in [-0.15, -0.1) is 0 Å². The highest BCUT2D eigenvalue weighted by atomic mass is 16.5. The van der Waals surface area contributed by atoms with E-state index < -0.39 is 5.97 Å². The van der Waals surface area contributed by atoms with E-state index in [9.17, 15) is 4.79 Å². The lowest BCUT2D eigenvalue weighted by molar-refractivity contribution is -0.169. The Morgan fingerprint density at radius 2 is 2.19 bits per heavy atom. The number of likely N-dealkylation sites (tertiary alicyclic amines) is 1. The van der Waals surface area contributed by atoms with Crippen molar-refractivity contribution in [2.24, 2.45) is 0 Å². The largest absolute Gasteiger partial charge is 0.480 e. The summed E-state index contributed by atoms with van der Waals surface area (Å²) in [4.78, 5) is 12.8. The lowest BCUT2D eigenvalue weighted by Gasteiger charge is -2.49. The summed E-state index contributed by atoms with van der Waals surface area (Å²) >= 11 is 0. The van der Waals surface area contributed by atoms with E-state index in [0.29, 0.717) is 13.1 Å². The number of nitrogens with zero attached hydrogens (tertiary/aromatic N) is 1. The molecule has 0 saturated carbocycles. The Morgan fingerprint density at radius 1 is 1.48 bits per heavy atom. The maximum Gasteiger partial charge on any atom is 0.329 e. The van der Waals surface area contributed by atoms with E-state index in [1.807, 2.05) is 31.2 Å². The molecule has 3 rings (SSSR count). The third kappa shape index (κ3) is 2.80. The Balaban J connectivity index is 1.65. The van der Waals surface area contributed by atoms with Crippen molar-refractivity contribution in [2.45, 2.75) is 25.5 Å². The molecule has 1 aliphatic rings. The molecule has 1 aliphatic heterocycles. The number of benzene rings is 1. The number of carboxylic acids is 1. The van der Waals surface area contributed by atoms with Crippen molar-refractivity contribution < 1.29 is 19.1 Å². The molecule has 112 valence electrons. The summed E-state index contributed by atoms with van der Waals surface area (Å²) in [5.74, 6) is -0.00325. The number of hydrogen-bond acceptors (Lipinski definition) is 4. The Hall–Kier alpha value is -1.85. The zero-order valence-electron chi connectivity index (χ0n) is 12.2. The summed E-state index contributed by atoms with van der Waals surface area (Å²) in [6.45, 7) is 5.20. The van der Waals surface area contributed by atoms with E-state index in [4.69, 9.17) is 14.3 Å². The van der Waals surface area contributed by atoms with Crippen LogP contribution in [0, 0.1) is 0 Å². The molecule has 1 unspecified atom stereocenters. The molecule has 1 N–H and O–H groups in total. The van der Waals surface area contributed by atoms with Crippen LogP contribution in [0.4, 0.5) is 0 Å². The smallest absolute Gasteiger partial charge is 0.329 e. The number of carbonyl (C=O) groups is 1. The minimum absolute atomic E-state index is 0.152. The molecule has 1 fully saturated rings. The third-order valence-electron chi connectivity index (χ3n) is 4.02. The lowest BCUT2D eigenvalue weighted by Crippen LogP contribution is -2.62. The average Bonchev–Trinajstić information content (AvgIpc) is 2.85. The summed E-state index contributed by atoms with van der Waals surface area (Å²) in [6, 6.07) is 10.2. The van der Waals surface area contributed by atoms with Gasteiger partial charge in [0, 0.05) is 18.5 Å². The SMILES string of the molecule is CC(c1cc2ccccc2o1)N1CC(C)(OCC(=O)O)C1. The van der Waals surface area contributed by atoms with E-state index in [-0.39, 0.29) is 18.2 Å². The van der Waals surface area contributed by atoms with E-state index in [0.717, 1.165) is 16.7 Å². The monoisotopic (exact) mass is 289 g/mol. The zero-order chi connectivity index (χ0) is 15.0. The fraction of sp³-hybridized carbons (Fsp3) is 0.438. The number of carboxylic acid groups (broad SMARTS) is 1. The van der Waals surface area contributed by atoms with Crippen LogP contribution in [0.25, 0.3) is 11.0 Å². The van der Waals surface area contributed by atoms with E-state index in [1.165, 1.54) is 0 Å². The molecule has 1 aromatic carbocycles. The Morgan fingerprint density at radius 3 is 2.86 bits per heavy atom. The van der Waals surface area contributed by atoms with Crippen LogP contribution in [0.1, 0.15) is 25.6 Å². The van der Waals surface area contributed by atoms with Crippen LogP contribution in [0.3, 0.4) is 0 Å².